The van der Waals surface area contributed by atoms with E-state index in [1.165, 1.54) is 0 Å². The number of nitrogens with zero attached hydrogens (tertiary/aromatic N) is 1. The van der Waals surface area contributed by atoms with Gasteiger partial charge in [-0.3, -0.25) is 4.79 Å². The number of carbonyl (C=O) groups is 1. The molecule has 0 saturated heterocycles. The third-order valence-electron chi connectivity index (χ3n) is 4.39. The van der Waals surface area contributed by atoms with Crippen molar-refractivity contribution in [1.82, 2.24) is 4.57 Å². The van der Waals surface area contributed by atoms with Crippen molar-refractivity contribution in [3.63, 3.8) is 0 Å². The lowest BCUT2D eigenvalue weighted by molar-refractivity contribution is -0.136. The quantitative estimate of drug-likeness (QED) is 0.659. The van der Waals surface area contributed by atoms with Gasteiger partial charge in [0, 0.05) is 22.2 Å². The van der Waals surface area contributed by atoms with Crippen LogP contribution in [-0.2, 0) is 17.8 Å². The van der Waals surface area contributed by atoms with Crippen LogP contribution in [0.25, 0.3) is 10.9 Å². The highest BCUT2D eigenvalue weighted by Crippen LogP contribution is 2.35. The van der Waals surface area contributed by atoms with E-state index in [1.807, 2.05) is 30.5 Å². The first-order valence-electron chi connectivity index (χ1n) is 8.21. The maximum atomic E-state index is 11.4. The minimum atomic E-state index is -0.910. The topological polar surface area (TPSA) is 82.7 Å². The number of benzene rings is 2. The average Bonchev–Trinajstić information content (AvgIpc) is 2.82. The SMILES string of the molecule is CC(C)c1c(CC(=O)O)c2cc(O)ccc2n1Cc1ccccc1O. The second-order valence-corrected chi connectivity index (χ2v) is 6.51. The summed E-state index contributed by atoms with van der Waals surface area (Å²) in [5, 5.41) is 30.1. The lowest BCUT2D eigenvalue weighted by Crippen LogP contribution is -2.09. The number of aliphatic carboxylic acids is 1. The Kier molecular flexibility index (Phi) is 4.40. The molecule has 3 rings (SSSR count). The third kappa shape index (κ3) is 3.18. The molecule has 0 amide bonds. The number of hydrogen-bond acceptors (Lipinski definition) is 3. The van der Waals surface area contributed by atoms with E-state index in [1.54, 1.807) is 30.3 Å². The number of carboxylic acids is 1. The average molecular weight is 339 g/mol. The number of aromatic hydroxyl groups is 2. The largest absolute Gasteiger partial charge is 0.508 e. The van der Waals surface area contributed by atoms with Gasteiger partial charge < -0.3 is 19.9 Å². The van der Waals surface area contributed by atoms with E-state index in [2.05, 4.69) is 0 Å². The second-order valence-electron chi connectivity index (χ2n) is 6.51. The Morgan fingerprint density at radius 3 is 2.48 bits per heavy atom. The fraction of sp³-hybridized carbons (Fsp3) is 0.250. The Morgan fingerprint density at radius 2 is 1.84 bits per heavy atom. The summed E-state index contributed by atoms with van der Waals surface area (Å²) in [7, 11) is 0. The standard InChI is InChI=1S/C20H21NO4/c1-12(2)20-16(10-19(24)25)15-9-14(22)7-8-17(15)21(20)11-13-5-3-4-6-18(13)23/h3-9,12,22-23H,10-11H2,1-2H3,(H,24,25). The fourth-order valence-electron chi connectivity index (χ4n) is 3.41. The van der Waals surface area contributed by atoms with Gasteiger partial charge in [0.1, 0.15) is 11.5 Å². The number of hydrogen-bond donors (Lipinski definition) is 3. The van der Waals surface area contributed by atoms with E-state index in [0.29, 0.717) is 12.1 Å². The van der Waals surface area contributed by atoms with Crippen molar-refractivity contribution in [1.29, 1.82) is 0 Å². The van der Waals surface area contributed by atoms with Gasteiger partial charge in [0.15, 0.2) is 0 Å². The zero-order valence-corrected chi connectivity index (χ0v) is 14.2. The molecule has 3 aromatic rings. The van der Waals surface area contributed by atoms with Gasteiger partial charge in [-0.15, -0.1) is 0 Å². The number of para-hydroxylation sites is 1. The van der Waals surface area contributed by atoms with Gasteiger partial charge in [-0.05, 0) is 35.7 Å². The first-order chi connectivity index (χ1) is 11.9. The number of fused-ring (bicyclic) bond motifs is 1. The monoisotopic (exact) mass is 339 g/mol. The third-order valence-corrected chi connectivity index (χ3v) is 4.39. The normalized spacial score (nSPS) is 11.3. The summed E-state index contributed by atoms with van der Waals surface area (Å²) in [6.45, 7) is 4.46. The molecule has 25 heavy (non-hydrogen) atoms. The van der Waals surface area contributed by atoms with Crippen LogP contribution in [0.5, 0.6) is 11.5 Å². The van der Waals surface area contributed by atoms with Crippen LogP contribution >= 0.6 is 0 Å². The molecule has 0 saturated carbocycles. The van der Waals surface area contributed by atoms with E-state index in [9.17, 15) is 20.1 Å². The first-order valence-corrected chi connectivity index (χ1v) is 8.21. The van der Waals surface area contributed by atoms with Gasteiger partial charge in [-0.25, -0.2) is 0 Å². The summed E-state index contributed by atoms with van der Waals surface area (Å²) >= 11 is 0. The predicted molar refractivity (Wildman–Crippen MR) is 96.2 cm³/mol. The molecule has 5 heteroatoms. The molecule has 0 aliphatic heterocycles. The van der Waals surface area contributed by atoms with Crippen LogP contribution in [-0.4, -0.2) is 25.9 Å². The molecular weight excluding hydrogens is 318 g/mol. The number of phenols is 2. The van der Waals surface area contributed by atoms with Gasteiger partial charge >= 0.3 is 5.97 Å². The van der Waals surface area contributed by atoms with Gasteiger partial charge in [0.2, 0.25) is 0 Å². The van der Waals surface area contributed by atoms with E-state index in [-0.39, 0.29) is 23.8 Å². The van der Waals surface area contributed by atoms with Gasteiger partial charge in [-0.1, -0.05) is 32.0 Å². The highest BCUT2D eigenvalue weighted by Gasteiger charge is 2.22. The number of rotatable bonds is 5. The summed E-state index contributed by atoms with van der Waals surface area (Å²) in [6.07, 6.45) is -0.110. The molecule has 0 bridgehead atoms. The molecule has 1 aromatic heterocycles. The molecule has 0 radical (unpaired) electrons. The molecule has 1 heterocycles. The molecule has 5 nitrogen and oxygen atoms in total. The molecule has 0 fully saturated rings. The highest BCUT2D eigenvalue weighted by atomic mass is 16.4. The Labute approximate surface area is 145 Å². The van der Waals surface area contributed by atoms with Crippen molar-refractivity contribution in [2.45, 2.75) is 32.7 Å². The molecule has 0 aliphatic rings. The van der Waals surface area contributed by atoms with Crippen molar-refractivity contribution < 1.29 is 20.1 Å². The van der Waals surface area contributed by atoms with Crippen LogP contribution in [0.3, 0.4) is 0 Å². The van der Waals surface area contributed by atoms with Crippen LogP contribution in [0, 0.1) is 0 Å². The maximum Gasteiger partial charge on any atom is 0.307 e. The summed E-state index contributed by atoms with van der Waals surface area (Å²) < 4.78 is 2.03. The Hall–Kier alpha value is -2.95. The van der Waals surface area contributed by atoms with Gasteiger partial charge in [0.05, 0.1) is 13.0 Å². The predicted octanol–water partition coefficient (Wildman–Crippen LogP) is 3.85. The zero-order chi connectivity index (χ0) is 18.1. The Bertz CT molecular complexity index is 940. The van der Waals surface area contributed by atoms with E-state index >= 15 is 0 Å². The fourth-order valence-corrected chi connectivity index (χ4v) is 3.41. The van der Waals surface area contributed by atoms with E-state index < -0.39 is 5.97 Å². The second kappa shape index (κ2) is 6.51. The smallest absolute Gasteiger partial charge is 0.307 e. The Balaban J connectivity index is 2.27. The summed E-state index contributed by atoms with van der Waals surface area (Å²) in [5.74, 6) is -0.506. The number of phenolic OH excluding ortho intramolecular Hbond substituents is 2. The molecule has 130 valence electrons. The van der Waals surface area contributed by atoms with Crippen molar-refractivity contribution in [2.75, 3.05) is 0 Å². The lowest BCUT2D eigenvalue weighted by atomic mass is 10.0. The molecule has 0 unspecified atom stereocenters. The minimum Gasteiger partial charge on any atom is -0.508 e. The van der Waals surface area contributed by atoms with Gasteiger partial charge in [-0.2, -0.15) is 0 Å². The first kappa shape index (κ1) is 16.9. The van der Waals surface area contributed by atoms with Crippen molar-refractivity contribution in [2.24, 2.45) is 0 Å². The lowest BCUT2D eigenvalue weighted by Gasteiger charge is -2.16. The zero-order valence-electron chi connectivity index (χ0n) is 14.2. The molecular formula is C20H21NO4. The van der Waals surface area contributed by atoms with Crippen molar-refractivity contribution >= 4 is 16.9 Å². The summed E-state index contributed by atoms with van der Waals surface area (Å²) in [4.78, 5) is 11.4. The number of carboxylic acid groups (broad SMARTS) is 1. The molecule has 2 aromatic carbocycles. The van der Waals surface area contributed by atoms with Crippen LogP contribution < -0.4 is 0 Å². The maximum absolute atomic E-state index is 11.4. The summed E-state index contributed by atoms with van der Waals surface area (Å²) in [6, 6.07) is 12.1. The molecule has 3 N–H and O–H groups in total. The number of aromatic nitrogens is 1. The van der Waals surface area contributed by atoms with E-state index in [0.717, 1.165) is 22.2 Å². The van der Waals surface area contributed by atoms with Crippen LogP contribution in [0.2, 0.25) is 0 Å². The minimum absolute atomic E-state index is 0.0924. The van der Waals surface area contributed by atoms with Crippen LogP contribution in [0.15, 0.2) is 42.5 Å². The van der Waals surface area contributed by atoms with Crippen LogP contribution in [0.4, 0.5) is 0 Å². The van der Waals surface area contributed by atoms with Crippen molar-refractivity contribution in [3.8, 4) is 11.5 Å². The Morgan fingerprint density at radius 1 is 1.12 bits per heavy atom. The molecule has 0 atom stereocenters. The van der Waals surface area contributed by atoms with Crippen molar-refractivity contribution in [3.05, 3.63) is 59.3 Å². The highest BCUT2D eigenvalue weighted by molar-refractivity contribution is 5.90. The van der Waals surface area contributed by atoms with Crippen LogP contribution in [0.1, 0.15) is 36.6 Å². The summed E-state index contributed by atoms with van der Waals surface area (Å²) in [5.41, 5.74) is 3.23. The van der Waals surface area contributed by atoms with Gasteiger partial charge in [0.25, 0.3) is 0 Å². The van der Waals surface area contributed by atoms with E-state index in [4.69, 9.17) is 0 Å². The molecule has 0 aliphatic carbocycles. The molecule has 0 spiro atoms.